The SMILES string of the molecule is COC1CCCC/C1=N\NC(N)=O. The molecule has 0 saturated heterocycles. The second-order valence-electron chi connectivity index (χ2n) is 3.05. The van der Waals surface area contributed by atoms with Gasteiger partial charge in [-0.15, -0.1) is 0 Å². The van der Waals surface area contributed by atoms with E-state index in [0.29, 0.717) is 0 Å². The maximum atomic E-state index is 10.4. The number of nitrogens with one attached hydrogen (secondary N) is 1. The molecule has 1 aliphatic rings. The fourth-order valence-electron chi connectivity index (χ4n) is 1.47. The van der Waals surface area contributed by atoms with E-state index in [1.807, 2.05) is 0 Å². The van der Waals surface area contributed by atoms with E-state index in [9.17, 15) is 4.79 Å². The summed E-state index contributed by atoms with van der Waals surface area (Å²) in [5.41, 5.74) is 8.01. The summed E-state index contributed by atoms with van der Waals surface area (Å²) in [7, 11) is 1.65. The number of nitrogens with two attached hydrogens (primary N) is 1. The number of rotatable bonds is 2. The zero-order valence-corrected chi connectivity index (χ0v) is 7.75. The zero-order chi connectivity index (χ0) is 9.68. The molecule has 2 amide bonds. The van der Waals surface area contributed by atoms with Crippen LogP contribution in [0.2, 0.25) is 0 Å². The molecule has 1 atom stereocenters. The summed E-state index contributed by atoms with van der Waals surface area (Å²) in [5, 5.41) is 3.90. The van der Waals surface area contributed by atoms with Crippen molar-refractivity contribution in [1.29, 1.82) is 0 Å². The van der Waals surface area contributed by atoms with Crippen molar-refractivity contribution in [1.82, 2.24) is 5.43 Å². The van der Waals surface area contributed by atoms with Gasteiger partial charge < -0.3 is 10.5 Å². The van der Waals surface area contributed by atoms with Gasteiger partial charge in [0.25, 0.3) is 0 Å². The van der Waals surface area contributed by atoms with Crippen molar-refractivity contribution in [2.45, 2.75) is 31.8 Å². The van der Waals surface area contributed by atoms with Gasteiger partial charge in [0.2, 0.25) is 0 Å². The van der Waals surface area contributed by atoms with Crippen molar-refractivity contribution >= 4 is 11.7 Å². The molecule has 0 heterocycles. The molecule has 0 aromatic rings. The van der Waals surface area contributed by atoms with E-state index in [2.05, 4.69) is 10.5 Å². The van der Waals surface area contributed by atoms with E-state index < -0.39 is 6.03 Å². The highest BCUT2D eigenvalue weighted by Gasteiger charge is 2.19. The summed E-state index contributed by atoms with van der Waals surface area (Å²) in [6.07, 6.45) is 4.13. The Labute approximate surface area is 77.3 Å². The summed E-state index contributed by atoms with van der Waals surface area (Å²) in [5.74, 6) is 0. The zero-order valence-electron chi connectivity index (χ0n) is 7.75. The molecule has 13 heavy (non-hydrogen) atoms. The van der Waals surface area contributed by atoms with E-state index in [-0.39, 0.29) is 6.10 Å². The molecule has 0 aromatic carbocycles. The van der Waals surface area contributed by atoms with Gasteiger partial charge in [-0.1, -0.05) is 6.42 Å². The van der Waals surface area contributed by atoms with Gasteiger partial charge in [-0.25, -0.2) is 10.2 Å². The van der Waals surface area contributed by atoms with Crippen molar-refractivity contribution in [2.24, 2.45) is 10.8 Å². The molecule has 1 fully saturated rings. The minimum Gasteiger partial charge on any atom is -0.375 e. The number of urea groups is 1. The Bertz CT molecular complexity index is 215. The molecule has 0 radical (unpaired) electrons. The fraction of sp³-hybridized carbons (Fsp3) is 0.750. The average molecular weight is 185 g/mol. The number of primary amides is 1. The van der Waals surface area contributed by atoms with Gasteiger partial charge in [-0.3, -0.25) is 0 Å². The van der Waals surface area contributed by atoms with E-state index in [1.165, 1.54) is 0 Å². The van der Waals surface area contributed by atoms with Crippen LogP contribution in [0.5, 0.6) is 0 Å². The second-order valence-corrected chi connectivity index (χ2v) is 3.05. The van der Waals surface area contributed by atoms with E-state index in [1.54, 1.807) is 7.11 Å². The maximum absolute atomic E-state index is 10.4. The van der Waals surface area contributed by atoms with Crippen LogP contribution in [0.1, 0.15) is 25.7 Å². The molecular formula is C8H15N3O2. The van der Waals surface area contributed by atoms with E-state index in [0.717, 1.165) is 31.4 Å². The lowest BCUT2D eigenvalue weighted by molar-refractivity contribution is 0.137. The highest BCUT2D eigenvalue weighted by Crippen LogP contribution is 2.17. The van der Waals surface area contributed by atoms with Crippen LogP contribution < -0.4 is 11.2 Å². The number of hydrogen-bond acceptors (Lipinski definition) is 3. The number of amides is 2. The number of carbonyl (C=O) groups is 1. The number of nitrogens with zero attached hydrogens (tertiary/aromatic N) is 1. The van der Waals surface area contributed by atoms with E-state index in [4.69, 9.17) is 10.5 Å². The molecule has 3 N–H and O–H groups in total. The van der Waals surface area contributed by atoms with Gasteiger partial charge in [0.1, 0.15) is 0 Å². The monoisotopic (exact) mass is 185 g/mol. The minimum atomic E-state index is -0.632. The van der Waals surface area contributed by atoms with Gasteiger partial charge in [0.15, 0.2) is 0 Å². The van der Waals surface area contributed by atoms with Crippen LogP contribution in [0.15, 0.2) is 5.10 Å². The number of hydrogen-bond donors (Lipinski definition) is 2. The first-order valence-corrected chi connectivity index (χ1v) is 4.38. The van der Waals surface area contributed by atoms with Crippen molar-refractivity contribution in [3.8, 4) is 0 Å². The quantitative estimate of drug-likeness (QED) is 0.618. The van der Waals surface area contributed by atoms with Gasteiger partial charge in [0, 0.05) is 7.11 Å². The van der Waals surface area contributed by atoms with Gasteiger partial charge in [-0.2, -0.15) is 5.10 Å². The smallest absolute Gasteiger partial charge is 0.332 e. The molecule has 0 aliphatic heterocycles. The normalized spacial score (nSPS) is 25.9. The predicted molar refractivity (Wildman–Crippen MR) is 49.4 cm³/mol. The predicted octanol–water partition coefficient (Wildman–Crippen LogP) is 0.600. The molecule has 0 spiro atoms. The van der Waals surface area contributed by atoms with Crippen molar-refractivity contribution in [3.63, 3.8) is 0 Å². The van der Waals surface area contributed by atoms with Crippen LogP contribution >= 0.6 is 0 Å². The average Bonchev–Trinajstić information content (AvgIpc) is 2.15. The fourth-order valence-corrected chi connectivity index (χ4v) is 1.47. The Morgan fingerprint density at radius 2 is 2.46 bits per heavy atom. The van der Waals surface area contributed by atoms with Crippen LogP contribution in [-0.2, 0) is 4.74 Å². The van der Waals surface area contributed by atoms with Crippen LogP contribution in [0.4, 0.5) is 4.79 Å². The lowest BCUT2D eigenvalue weighted by atomic mass is 9.96. The van der Waals surface area contributed by atoms with Crippen LogP contribution in [-0.4, -0.2) is 25.0 Å². The van der Waals surface area contributed by atoms with Gasteiger partial charge in [0.05, 0.1) is 11.8 Å². The van der Waals surface area contributed by atoms with Gasteiger partial charge in [-0.05, 0) is 19.3 Å². The molecule has 1 unspecified atom stereocenters. The molecule has 1 saturated carbocycles. The molecule has 5 heteroatoms. The maximum Gasteiger partial charge on any atom is 0.332 e. The summed E-state index contributed by atoms with van der Waals surface area (Å²) < 4.78 is 5.21. The lowest BCUT2D eigenvalue weighted by Gasteiger charge is -2.22. The third kappa shape index (κ3) is 3.02. The van der Waals surface area contributed by atoms with Crippen molar-refractivity contribution in [3.05, 3.63) is 0 Å². The molecule has 1 aliphatic carbocycles. The number of carbonyl (C=O) groups excluding carboxylic acids is 1. The Hall–Kier alpha value is -1.10. The van der Waals surface area contributed by atoms with Crippen LogP contribution in [0.3, 0.4) is 0 Å². The number of ether oxygens (including phenoxy) is 1. The Morgan fingerprint density at radius 1 is 1.69 bits per heavy atom. The summed E-state index contributed by atoms with van der Waals surface area (Å²) in [6, 6.07) is -0.632. The van der Waals surface area contributed by atoms with Crippen molar-refractivity contribution < 1.29 is 9.53 Å². The molecule has 0 bridgehead atoms. The summed E-state index contributed by atoms with van der Waals surface area (Å²) in [6.45, 7) is 0. The molecule has 1 rings (SSSR count). The Morgan fingerprint density at radius 3 is 3.08 bits per heavy atom. The van der Waals surface area contributed by atoms with Crippen molar-refractivity contribution in [2.75, 3.05) is 7.11 Å². The minimum absolute atomic E-state index is 0.0422. The highest BCUT2D eigenvalue weighted by molar-refractivity contribution is 5.90. The second kappa shape index (κ2) is 4.81. The number of hydrazone groups is 1. The third-order valence-corrected chi connectivity index (χ3v) is 2.12. The third-order valence-electron chi connectivity index (χ3n) is 2.12. The molecular weight excluding hydrogens is 170 g/mol. The topological polar surface area (TPSA) is 76.7 Å². The van der Waals surface area contributed by atoms with Crippen LogP contribution in [0.25, 0.3) is 0 Å². The first-order chi connectivity index (χ1) is 6.24. The van der Waals surface area contributed by atoms with Crippen LogP contribution in [0, 0.1) is 0 Å². The Balaban J connectivity index is 2.52. The molecule has 5 nitrogen and oxygen atoms in total. The lowest BCUT2D eigenvalue weighted by Crippen LogP contribution is -2.32. The van der Waals surface area contributed by atoms with Gasteiger partial charge >= 0.3 is 6.03 Å². The summed E-state index contributed by atoms with van der Waals surface area (Å²) >= 11 is 0. The first-order valence-electron chi connectivity index (χ1n) is 4.38. The summed E-state index contributed by atoms with van der Waals surface area (Å²) in [4.78, 5) is 10.4. The molecule has 74 valence electrons. The molecule has 0 aromatic heterocycles. The highest BCUT2D eigenvalue weighted by atomic mass is 16.5. The first kappa shape index (κ1) is 9.98. The van der Waals surface area contributed by atoms with E-state index >= 15 is 0 Å². The Kier molecular flexibility index (Phi) is 3.70. The number of methoxy groups -OCH3 is 1. The standard InChI is InChI=1S/C8H15N3O2/c1-13-7-5-3-2-4-6(7)10-11-8(9)12/h7H,2-5H2,1H3,(H3,9,11,12)/b10-6+. The largest absolute Gasteiger partial charge is 0.375 e.